The van der Waals surface area contributed by atoms with Crippen molar-refractivity contribution in [2.75, 3.05) is 7.11 Å². The van der Waals surface area contributed by atoms with Crippen LogP contribution in [0.15, 0.2) is 36.4 Å². The maximum absolute atomic E-state index is 12.3. The number of rotatable bonds is 11. The third-order valence-corrected chi connectivity index (χ3v) is 5.79. The SMILES string of the molecule is COc1cc(CCC(=O)CC(O)CCc2ccc(O)c(OC3CCCC3)c2)ccc1O. The van der Waals surface area contributed by atoms with Crippen LogP contribution >= 0.6 is 0 Å². The van der Waals surface area contributed by atoms with E-state index in [1.165, 1.54) is 7.11 Å². The monoisotopic (exact) mass is 428 g/mol. The number of ketones is 1. The smallest absolute Gasteiger partial charge is 0.161 e. The van der Waals surface area contributed by atoms with Crippen molar-refractivity contribution >= 4 is 5.78 Å². The van der Waals surface area contributed by atoms with E-state index in [1.54, 1.807) is 24.3 Å². The second kappa shape index (κ2) is 11.0. The van der Waals surface area contributed by atoms with Crippen LogP contribution in [-0.2, 0) is 17.6 Å². The van der Waals surface area contributed by atoms with Gasteiger partial charge >= 0.3 is 0 Å². The van der Waals surface area contributed by atoms with Crippen molar-refractivity contribution in [3.05, 3.63) is 47.5 Å². The van der Waals surface area contributed by atoms with E-state index < -0.39 is 6.10 Å². The van der Waals surface area contributed by atoms with Crippen molar-refractivity contribution in [2.45, 2.75) is 70.0 Å². The topological polar surface area (TPSA) is 96.2 Å². The molecule has 0 amide bonds. The minimum absolute atomic E-state index is 0.00416. The van der Waals surface area contributed by atoms with Gasteiger partial charge in [0.05, 0.1) is 19.3 Å². The van der Waals surface area contributed by atoms with E-state index in [4.69, 9.17) is 9.47 Å². The number of methoxy groups -OCH3 is 1. The van der Waals surface area contributed by atoms with Gasteiger partial charge in [-0.2, -0.15) is 0 Å². The van der Waals surface area contributed by atoms with E-state index in [0.717, 1.165) is 36.8 Å². The Hall–Kier alpha value is -2.73. The molecule has 168 valence electrons. The molecule has 1 fully saturated rings. The van der Waals surface area contributed by atoms with E-state index in [9.17, 15) is 20.1 Å². The lowest BCUT2D eigenvalue weighted by Gasteiger charge is -2.16. The molecule has 3 N–H and O–H groups in total. The average Bonchev–Trinajstić information content (AvgIpc) is 3.27. The lowest BCUT2D eigenvalue weighted by Crippen LogP contribution is -2.15. The fraction of sp³-hybridized carbons (Fsp3) is 0.480. The predicted molar refractivity (Wildman–Crippen MR) is 118 cm³/mol. The Labute approximate surface area is 183 Å². The zero-order valence-electron chi connectivity index (χ0n) is 18.0. The van der Waals surface area contributed by atoms with Crippen LogP contribution in [0.3, 0.4) is 0 Å². The number of aliphatic hydroxyl groups is 1. The first-order valence-corrected chi connectivity index (χ1v) is 11.0. The zero-order chi connectivity index (χ0) is 22.2. The fourth-order valence-electron chi connectivity index (χ4n) is 3.96. The molecule has 1 unspecified atom stereocenters. The van der Waals surface area contributed by atoms with Gasteiger partial charge in [-0.15, -0.1) is 0 Å². The largest absolute Gasteiger partial charge is 0.504 e. The Balaban J connectivity index is 1.44. The number of phenols is 2. The number of aromatic hydroxyl groups is 2. The second-order valence-electron chi connectivity index (χ2n) is 8.27. The number of carbonyl (C=O) groups excluding carboxylic acids is 1. The molecule has 1 aliphatic rings. The Morgan fingerprint density at radius 2 is 1.61 bits per heavy atom. The van der Waals surface area contributed by atoms with E-state index in [1.807, 2.05) is 12.1 Å². The predicted octanol–water partition coefficient (Wildman–Crippen LogP) is 4.31. The molecule has 1 aliphatic carbocycles. The van der Waals surface area contributed by atoms with E-state index in [-0.39, 0.29) is 29.8 Å². The number of phenolic OH excluding ortho intramolecular Hbond substituents is 2. The zero-order valence-corrected chi connectivity index (χ0v) is 18.0. The van der Waals surface area contributed by atoms with Crippen LogP contribution in [0.5, 0.6) is 23.0 Å². The number of carbonyl (C=O) groups is 1. The van der Waals surface area contributed by atoms with Gasteiger partial charge in [0.2, 0.25) is 0 Å². The van der Waals surface area contributed by atoms with Crippen molar-refractivity contribution in [1.82, 2.24) is 0 Å². The van der Waals surface area contributed by atoms with Crippen molar-refractivity contribution in [1.29, 1.82) is 0 Å². The van der Waals surface area contributed by atoms with Crippen molar-refractivity contribution in [3.8, 4) is 23.0 Å². The van der Waals surface area contributed by atoms with E-state index in [0.29, 0.717) is 37.2 Å². The molecule has 0 spiro atoms. The molecule has 2 aromatic carbocycles. The van der Waals surface area contributed by atoms with E-state index in [2.05, 4.69) is 0 Å². The van der Waals surface area contributed by atoms with Gasteiger partial charge in [0.25, 0.3) is 0 Å². The Morgan fingerprint density at radius 1 is 1.00 bits per heavy atom. The molecule has 0 radical (unpaired) electrons. The maximum atomic E-state index is 12.3. The lowest BCUT2D eigenvalue weighted by molar-refractivity contribution is -0.121. The van der Waals surface area contributed by atoms with Gasteiger partial charge < -0.3 is 24.8 Å². The highest BCUT2D eigenvalue weighted by molar-refractivity contribution is 5.79. The molecule has 31 heavy (non-hydrogen) atoms. The Morgan fingerprint density at radius 3 is 2.29 bits per heavy atom. The summed E-state index contributed by atoms with van der Waals surface area (Å²) in [6.07, 6.45) is 5.83. The number of benzene rings is 2. The van der Waals surface area contributed by atoms with Gasteiger partial charge in [-0.1, -0.05) is 12.1 Å². The third kappa shape index (κ3) is 6.89. The van der Waals surface area contributed by atoms with Gasteiger partial charge in [-0.25, -0.2) is 0 Å². The lowest BCUT2D eigenvalue weighted by atomic mass is 10.00. The Bertz CT molecular complexity index is 872. The molecular weight excluding hydrogens is 396 g/mol. The molecule has 1 atom stereocenters. The highest BCUT2D eigenvalue weighted by Gasteiger charge is 2.18. The van der Waals surface area contributed by atoms with E-state index >= 15 is 0 Å². The van der Waals surface area contributed by atoms with Crippen molar-refractivity contribution in [3.63, 3.8) is 0 Å². The highest BCUT2D eigenvalue weighted by Crippen LogP contribution is 2.32. The normalized spacial score (nSPS) is 15.0. The first kappa shape index (κ1) is 22.9. The van der Waals surface area contributed by atoms with Crippen LogP contribution in [0.25, 0.3) is 0 Å². The fourth-order valence-corrected chi connectivity index (χ4v) is 3.96. The number of Topliss-reactive ketones (excluding diaryl/α,β-unsaturated/α-hetero) is 1. The Kier molecular flexibility index (Phi) is 8.18. The summed E-state index contributed by atoms with van der Waals surface area (Å²) in [5, 5.41) is 30.0. The minimum atomic E-state index is -0.713. The van der Waals surface area contributed by atoms with Gasteiger partial charge in [0.15, 0.2) is 23.0 Å². The summed E-state index contributed by atoms with van der Waals surface area (Å²) in [6.45, 7) is 0. The van der Waals surface area contributed by atoms with Gasteiger partial charge in [0, 0.05) is 12.8 Å². The molecular formula is C25H32O6. The summed E-state index contributed by atoms with van der Waals surface area (Å²) < 4.78 is 11.0. The average molecular weight is 429 g/mol. The number of hydrogen-bond donors (Lipinski definition) is 3. The van der Waals surface area contributed by atoms with Gasteiger partial charge in [-0.05, 0) is 80.3 Å². The number of ether oxygens (including phenoxy) is 2. The number of aryl methyl sites for hydroxylation is 2. The number of hydrogen-bond acceptors (Lipinski definition) is 6. The minimum Gasteiger partial charge on any atom is -0.504 e. The summed E-state index contributed by atoms with van der Waals surface area (Å²) in [7, 11) is 1.48. The molecule has 0 heterocycles. The molecule has 3 rings (SSSR count). The third-order valence-electron chi connectivity index (χ3n) is 5.79. The van der Waals surface area contributed by atoms with Crippen LogP contribution in [0, 0.1) is 0 Å². The first-order chi connectivity index (χ1) is 14.9. The van der Waals surface area contributed by atoms with Crippen LogP contribution in [0.1, 0.15) is 56.1 Å². The summed E-state index contributed by atoms with van der Waals surface area (Å²) in [4.78, 5) is 12.3. The highest BCUT2D eigenvalue weighted by atomic mass is 16.5. The molecule has 6 nitrogen and oxygen atoms in total. The van der Waals surface area contributed by atoms with Gasteiger partial charge in [-0.3, -0.25) is 4.79 Å². The van der Waals surface area contributed by atoms with Crippen LogP contribution < -0.4 is 9.47 Å². The summed E-state index contributed by atoms with van der Waals surface area (Å²) in [5.74, 6) is 1.08. The summed E-state index contributed by atoms with van der Waals surface area (Å²) in [5.41, 5.74) is 1.87. The summed E-state index contributed by atoms with van der Waals surface area (Å²) >= 11 is 0. The standard InChI is InChI=1S/C25H32O6/c1-30-24-14-17(8-12-22(24)28)6-10-19(26)16-20(27)11-7-18-9-13-23(29)25(15-18)31-21-4-2-3-5-21/h8-9,12-15,20-21,27-29H,2-7,10-11,16H2,1H3. The quantitative estimate of drug-likeness (QED) is 0.493. The molecule has 2 aromatic rings. The molecule has 6 heteroatoms. The molecule has 0 aliphatic heterocycles. The summed E-state index contributed by atoms with van der Waals surface area (Å²) in [6, 6.07) is 10.3. The first-order valence-electron chi connectivity index (χ1n) is 11.0. The van der Waals surface area contributed by atoms with Crippen LogP contribution in [0.4, 0.5) is 0 Å². The molecule has 0 aromatic heterocycles. The molecule has 1 saturated carbocycles. The van der Waals surface area contributed by atoms with Crippen molar-refractivity contribution in [2.24, 2.45) is 0 Å². The van der Waals surface area contributed by atoms with Crippen molar-refractivity contribution < 1.29 is 29.6 Å². The van der Waals surface area contributed by atoms with Crippen LogP contribution in [0.2, 0.25) is 0 Å². The maximum Gasteiger partial charge on any atom is 0.161 e. The molecule has 0 bridgehead atoms. The molecule has 0 saturated heterocycles. The second-order valence-corrected chi connectivity index (χ2v) is 8.27. The van der Waals surface area contributed by atoms with Crippen LogP contribution in [-0.4, -0.2) is 40.4 Å². The van der Waals surface area contributed by atoms with Gasteiger partial charge in [0.1, 0.15) is 5.78 Å². The number of aliphatic hydroxyl groups excluding tert-OH is 1.